The van der Waals surface area contributed by atoms with E-state index >= 15 is 0 Å². The fourth-order valence-electron chi connectivity index (χ4n) is 4.05. The van der Waals surface area contributed by atoms with Gasteiger partial charge in [0, 0.05) is 13.1 Å². The van der Waals surface area contributed by atoms with Crippen molar-refractivity contribution in [1.82, 2.24) is 19.7 Å². The topological polar surface area (TPSA) is 74.8 Å². The maximum absolute atomic E-state index is 13.0. The van der Waals surface area contributed by atoms with Gasteiger partial charge in [0.2, 0.25) is 5.91 Å². The largest absolute Gasteiger partial charge is 0.339 e. The zero-order valence-corrected chi connectivity index (χ0v) is 14.1. The number of likely N-dealkylation sites (tertiary alicyclic amines) is 1. The summed E-state index contributed by atoms with van der Waals surface area (Å²) >= 11 is 0. The lowest BCUT2D eigenvalue weighted by Crippen LogP contribution is -2.49. The van der Waals surface area contributed by atoms with Gasteiger partial charge in [-0.1, -0.05) is 19.3 Å². The van der Waals surface area contributed by atoms with E-state index in [1.807, 2.05) is 23.4 Å². The monoisotopic (exact) mass is 315 g/mol. The summed E-state index contributed by atoms with van der Waals surface area (Å²) in [6.45, 7) is 5.25. The number of piperidine rings is 1. The molecule has 1 saturated heterocycles. The van der Waals surface area contributed by atoms with Crippen LogP contribution in [0.3, 0.4) is 0 Å². The van der Waals surface area contributed by atoms with Gasteiger partial charge in [-0.2, -0.15) is 10.4 Å². The number of amides is 1. The third-order valence-corrected chi connectivity index (χ3v) is 5.27. The van der Waals surface area contributed by atoms with E-state index in [1.165, 1.54) is 0 Å². The van der Waals surface area contributed by atoms with Gasteiger partial charge in [-0.05, 0) is 39.5 Å². The van der Waals surface area contributed by atoms with E-state index in [1.54, 1.807) is 0 Å². The maximum atomic E-state index is 13.0. The smallest absolute Gasteiger partial charge is 0.243 e. The van der Waals surface area contributed by atoms with Crippen LogP contribution in [0.15, 0.2) is 0 Å². The predicted octanol–water partition coefficient (Wildman–Crippen LogP) is 2.53. The van der Waals surface area contributed by atoms with Crippen LogP contribution in [-0.4, -0.2) is 38.7 Å². The van der Waals surface area contributed by atoms with E-state index in [2.05, 4.69) is 16.2 Å². The van der Waals surface area contributed by atoms with Gasteiger partial charge < -0.3 is 4.90 Å². The van der Waals surface area contributed by atoms with Gasteiger partial charge in [0.05, 0.1) is 12.1 Å². The van der Waals surface area contributed by atoms with Gasteiger partial charge in [-0.25, -0.2) is 9.67 Å². The summed E-state index contributed by atoms with van der Waals surface area (Å²) in [7, 11) is 0. The molecule has 3 rings (SSSR count). The van der Waals surface area contributed by atoms with Crippen LogP contribution in [0.4, 0.5) is 0 Å². The number of aryl methyl sites for hydroxylation is 2. The highest BCUT2D eigenvalue weighted by Gasteiger charge is 2.43. The highest BCUT2D eigenvalue weighted by Crippen LogP contribution is 2.38. The first-order chi connectivity index (χ1) is 11.1. The van der Waals surface area contributed by atoms with Crippen molar-refractivity contribution in [2.75, 3.05) is 13.1 Å². The Labute approximate surface area is 137 Å². The Balaban J connectivity index is 1.77. The summed E-state index contributed by atoms with van der Waals surface area (Å²) in [5.74, 6) is 1.71. The van der Waals surface area contributed by atoms with Crippen LogP contribution in [0, 0.1) is 30.6 Å². The molecule has 0 bridgehead atoms. The molecular formula is C17H25N5O. The molecular weight excluding hydrogens is 290 g/mol. The first kappa shape index (κ1) is 16.0. The van der Waals surface area contributed by atoms with Gasteiger partial charge in [0.25, 0.3) is 0 Å². The molecule has 0 aromatic carbocycles. The number of hydrogen-bond acceptors (Lipinski definition) is 4. The zero-order valence-electron chi connectivity index (χ0n) is 14.1. The number of aromatic nitrogens is 3. The SMILES string of the molecule is Cc1nc(C)n(C2CCCN(C(=O)C3(C#N)CCCCC3)C2)n1. The average molecular weight is 315 g/mol. The van der Waals surface area contributed by atoms with E-state index in [0.717, 1.165) is 50.3 Å². The molecule has 1 aliphatic heterocycles. The summed E-state index contributed by atoms with van der Waals surface area (Å²) in [4.78, 5) is 19.3. The van der Waals surface area contributed by atoms with Crippen molar-refractivity contribution in [2.24, 2.45) is 5.41 Å². The van der Waals surface area contributed by atoms with Crippen LogP contribution in [-0.2, 0) is 4.79 Å². The van der Waals surface area contributed by atoms with Crippen LogP contribution in [0.5, 0.6) is 0 Å². The first-order valence-corrected chi connectivity index (χ1v) is 8.66. The number of carbonyl (C=O) groups is 1. The lowest BCUT2D eigenvalue weighted by Gasteiger charge is -2.39. The number of nitriles is 1. The second-order valence-electron chi connectivity index (χ2n) is 6.95. The van der Waals surface area contributed by atoms with Crippen molar-refractivity contribution >= 4 is 5.91 Å². The molecule has 1 unspecified atom stereocenters. The fourth-order valence-corrected chi connectivity index (χ4v) is 4.05. The van der Waals surface area contributed by atoms with Crippen LogP contribution in [0.1, 0.15) is 62.6 Å². The van der Waals surface area contributed by atoms with Crippen LogP contribution in [0.2, 0.25) is 0 Å². The second-order valence-corrected chi connectivity index (χ2v) is 6.95. The third-order valence-electron chi connectivity index (χ3n) is 5.27. The molecule has 0 radical (unpaired) electrons. The summed E-state index contributed by atoms with van der Waals surface area (Å²) in [5, 5.41) is 14.1. The molecule has 1 amide bonds. The molecule has 1 aliphatic carbocycles. The van der Waals surface area contributed by atoms with E-state index in [9.17, 15) is 10.1 Å². The van der Waals surface area contributed by atoms with E-state index < -0.39 is 5.41 Å². The van der Waals surface area contributed by atoms with Crippen molar-refractivity contribution < 1.29 is 4.79 Å². The second kappa shape index (κ2) is 6.31. The van der Waals surface area contributed by atoms with Gasteiger partial charge in [-0.15, -0.1) is 0 Å². The summed E-state index contributed by atoms with van der Waals surface area (Å²) < 4.78 is 1.95. The van der Waals surface area contributed by atoms with Gasteiger partial charge in [0.15, 0.2) is 0 Å². The Morgan fingerprint density at radius 2 is 2.00 bits per heavy atom. The Kier molecular flexibility index (Phi) is 4.38. The third kappa shape index (κ3) is 2.97. The van der Waals surface area contributed by atoms with Crippen LogP contribution >= 0.6 is 0 Å². The molecule has 124 valence electrons. The number of hydrogen-bond donors (Lipinski definition) is 0. The number of carbonyl (C=O) groups excluding carboxylic acids is 1. The normalized spacial score (nSPS) is 24.2. The Bertz CT molecular complexity index is 623. The molecule has 2 heterocycles. The molecule has 0 N–H and O–H groups in total. The molecule has 1 saturated carbocycles. The molecule has 23 heavy (non-hydrogen) atoms. The van der Waals surface area contributed by atoms with Gasteiger partial charge in [-0.3, -0.25) is 4.79 Å². The molecule has 6 nitrogen and oxygen atoms in total. The van der Waals surface area contributed by atoms with E-state index in [4.69, 9.17) is 0 Å². The maximum Gasteiger partial charge on any atom is 0.243 e. The molecule has 2 aliphatic rings. The Hall–Kier alpha value is -1.90. The standard InChI is InChI=1S/C17H25N5O/c1-13-19-14(2)22(20-13)15-7-6-10-21(11-15)16(23)17(12-18)8-4-3-5-9-17/h15H,3-11H2,1-2H3. The lowest BCUT2D eigenvalue weighted by atomic mass is 9.74. The summed E-state index contributed by atoms with van der Waals surface area (Å²) in [6.07, 6.45) is 6.49. The molecule has 1 aromatic heterocycles. The number of nitrogens with zero attached hydrogens (tertiary/aromatic N) is 5. The number of rotatable bonds is 2. The molecule has 2 fully saturated rings. The predicted molar refractivity (Wildman–Crippen MR) is 85.5 cm³/mol. The van der Waals surface area contributed by atoms with Crippen molar-refractivity contribution in [3.63, 3.8) is 0 Å². The molecule has 6 heteroatoms. The quantitative estimate of drug-likeness (QED) is 0.840. The van der Waals surface area contributed by atoms with Gasteiger partial charge >= 0.3 is 0 Å². The summed E-state index contributed by atoms with van der Waals surface area (Å²) in [6, 6.07) is 2.53. The Morgan fingerprint density at radius 1 is 1.26 bits per heavy atom. The molecule has 0 spiro atoms. The van der Waals surface area contributed by atoms with E-state index in [-0.39, 0.29) is 11.9 Å². The van der Waals surface area contributed by atoms with Crippen molar-refractivity contribution in [3.05, 3.63) is 11.6 Å². The van der Waals surface area contributed by atoms with Gasteiger partial charge in [0.1, 0.15) is 17.1 Å². The minimum absolute atomic E-state index is 0.0406. The lowest BCUT2D eigenvalue weighted by molar-refractivity contribution is -0.142. The fraction of sp³-hybridized carbons (Fsp3) is 0.765. The van der Waals surface area contributed by atoms with E-state index in [0.29, 0.717) is 19.4 Å². The van der Waals surface area contributed by atoms with Crippen LogP contribution < -0.4 is 0 Å². The average Bonchev–Trinajstić information content (AvgIpc) is 2.93. The van der Waals surface area contributed by atoms with Crippen LogP contribution in [0.25, 0.3) is 0 Å². The minimum atomic E-state index is -0.784. The first-order valence-electron chi connectivity index (χ1n) is 8.66. The highest BCUT2D eigenvalue weighted by molar-refractivity contribution is 5.85. The molecule has 1 aromatic rings. The Morgan fingerprint density at radius 3 is 2.61 bits per heavy atom. The van der Waals surface area contributed by atoms with Crippen molar-refractivity contribution in [2.45, 2.75) is 64.8 Å². The zero-order chi connectivity index (χ0) is 16.4. The van der Waals surface area contributed by atoms with Crippen molar-refractivity contribution in [3.8, 4) is 6.07 Å². The molecule has 1 atom stereocenters. The summed E-state index contributed by atoms with van der Waals surface area (Å²) in [5.41, 5.74) is -0.784. The minimum Gasteiger partial charge on any atom is -0.339 e. The highest BCUT2D eigenvalue weighted by atomic mass is 16.2. The van der Waals surface area contributed by atoms with Crippen molar-refractivity contribution in [1.29, 1.82) is 5.26 Å².